The van der Waals surface area contributed by atoms with Crippen LogP contribution in [0.4, 0.5) is 11.5 Å². The summed E-state index contributed by atoms with van der Waals surface area (Å²) in [6, 6.07) is 10.4. The number of nitrogen functional groups attached to an aromatic ring is 1. The molecule has 2 aromatic rings. The number of hydrogen-bond acceptors (Lipinski definition) is 4. The molecule has 0 saturated carbocycles. The number of para-hydroxylation sites is 1. The van der Waals surface area contributed by atoms with E-state index in [1.165, 1.54) is 0 Å². The predicted octanol–water partition coefficient (Wildman–Crippen LogP) is 3.43. The third kappa shape index (κ3) is 3.94. The lowest BCUT2D eigenvalue weighted by atomic mass is 10.1. The first-order chi connectivity index (χ1) is 10.1. The van der Waals surface area contributed by atoms with Gasteiger partial charge >= 0.3 is 0 Å². The third-order valence-electron chi connectivity index (χ3n) is 3.53. The Morgan fingerprint density at radius 2 is 1.95 bits per heavy atom. The van der Waals surface area contributed by atoms with E-state index in [2.05, 4.69) is 47.8 Å². The first-order valence-corrected chi connectivity index (χ1v) is 7.52. The van der Waals surface area contributed by atoms with E-state index in [0.29, 0.717) is 6.04 Å². The monoisotopic (exact) mass is 284 g/mol. The van der Waals surface area contributed by atoms with Crippen molar-refractivity contribution in [3.8, 4) is 0 Å². The maximum atomic E-state index is 6.07. The molecular weight excluding hydrogens is 260 g/mol. The second-order valence-electron chi connectivity index (χ2n) is 5.54. The SMILES string of the molecule is CCCc1cc(N(Cc2ccccc2N)C(C)C)ncn1. The molecule has 1 aromatic carbocycles. The summed E-state index contributed by atoms with van der Waals surface area (Å²) < 4.78 is 0. The minimum absolute atomic E-state index is 0.342. The van der Waals surface area contributed by atoms with E-state index in [-0.39, 0.29) is 0 Å². The van der Waals surface area contributed by atoms with Crippen LogP contribution in [0.5, 0.6) is 0 Å². The molecule has 0 saturated heterocycles. The zero-order valence-corrected chi connectivity index (χ0v) is 13.1. The molecule has 2 N–H and O–H groups in total. The van der Waals surface area contributed by atoms with Gasteiger partial charge in [-0.05, 0) is 31.9 Å². The van der Waals surface area contributed by atoms with Crippen LogP contribution in [0.15, 0.2) is 36.7 Å². The molecule has 0 radical (unpaired) electrons. The van der Waals surface area contributed by atoms with Gasteiger partial charge in [0.05, 0.1) is 0 Å². The molecule has 0 aliphatic heterocycles. The molecule has 0 bridgehead atoms. The van der Waals surface area contributed by atoms with Crippen LogP contribution in [0.25, 0.3) is 0 Å². The van der Waals surface area contributed by atoms with Gasteiger partial charge in [0.2, 0.25) is 0 Å². The number of anilines is 2. The maximum Gasteiger partial charge on any atom is 0.132 e. The number of benzene rings is 1. The van der Waals surface area contributed by atoms with Crippen molar-refractivity contribution in [2.45, 2.75) is 46.2 Å². The lowest BCUT2D eigenvalue weighted by Gasteiger charge is -2.28. The van der Waals surface area contributed by atoms with Gasteiger partial charge in [0.25, 0.3) is 0 Å². The fourth-order valence-electron chi connectivity index (χ4n) is 2.33. The molecule has 4 nitrogen and oxygen atoms in total. The van der Waals surface area contributed by atoms with Crippen molar-refractivity contribution in [2.75, 3.05) is 10.6 Å². The van der Waals surface area contributed by atoms with E-state index in [1.54, 1.807) is 6.33 Å². The zero-order valence-electron chi connectivity index (χ0n) is 13.1. The third-order valence-corrected chi connectivity index (χ3v) is 3.53. The van der Waals surface area contributed by atoms with Crippen molar-refractivity contribution in [3.05, 3.63) is 47.9 Å². The maximum absolute atomic E-state index is 6.07. The Morgan fingerprint density at radius 1 is 1.19 bits per heavy atom. The minimum Gasteiger partial charge on any atom is -0.398 e. The highest BCUT2D eigenvalue weighted by molar-refractivity contribution is 5.50. The molecule has 0 spiro atoms. The molecule has 112 valence electrons. The Labute approximate surface area is 127 Å². The Morgan fingerprint density at radius 3 is 2.62 bits per heavy atom. The molecule has 0 amide bonds. The van der Waals surface area contributed by atoms with Gasteiger partial charge in [0.15, 0.2) is 0 Å². The van der Waals surface area contributed by atoms with E-state index in [9.17, 15) is 0 Å². The van der Waals surface area contributed by atoms with Crippen LogP contribution in [0.1, 0.15) is 38.4 Å². The summed E-state index contributed by atoms with van der Waals surface area (Å²) in [5.41, 5.74) is 9.11. The summed E-state index contributed by atoms with van der Waals surface area (Å²) >= 11 is 0. The average Bonchev–Trinajstić information content (AvgIpc) is 2.46. The molecule has 0 fully saturated rings. The summed E-state index contributed by atoms with van der Waals surface area (Å²) in [5.74, 6) is 0.965. The summed E-state index contributed by atoms with van der Waals surface area (Å²) in [4.78, 5) is 11.0. The fraction of sp³-hybridized carbons (Fsp3) is 0.412. The van der Waals surface area contributed by atoms with Crippen LogP contribution in [0, 0.1) is 0 Å². The van der Waals surface area contributed by atoms with Gasteiger partial charge in [-0.1, -0.05) is 31.5 Å². The van der Waals surface area contributed by atoms with Crippen molar-refractivity contribution in [2.24, 2.45) is 0 Å². The van der Waals surface area contributed by atoms with Crippen LogP contribution >= 0.6 is 0 Å². The molecular formula is C17H24N4. The first kappa shape index (κ1) is 15.3. The van der Waals surface area contributed by atoms with Crippen LogP contribution < -0.4 is 10.6 Å². The van der Waals surface area contributed by atoms with Crippen LogP contribution in [-0.2, 0) is 13.0 Å². The molecule has 0 atom stereocenters. The summed E-state index contributed by atoms with van der Waals surface area (Å²) in [5, 5.41) is 0. The van der Waals surface area contributed by atoms with E-state index in [0.717, 1.165) is 42.1 Å². The van der Waals surface area contributed by atoms with Gasteiger partial charge in [0.1, 0.15) is 12.1 Å². The van der Waals surface area contributed by atoms with E-state index in [1.807, 2.05) is 18.2 Å². The van der Waals surface area contributed by atoms with Crippen LogP contribution in [0.2, 0.25) is 0 Å². The lowest BCUT2D eigenvalue weighted by Crippen LogP contribution is -2.31. The molecule has 4 heteroatoms. The highest BCUT2D eigenvalue weighted by Crippen LogP contribution is 2.21. The molecule has 1 heterocycles. The Bertz CT molecular complexity index is 581. The average molecular weight is 284 g/mol. The van der Waals surface area contributed by atoms with Gasteiger partial charge in [-0.2, -0.15) is 0 Å². The normalized spacial score (nSPS) is 10.9. The summed E-state index contributed by atoms with van der Waals surface area (Å²) in [6.45, 7) is 7.25. The molecule has 2 rings (SSSR count). The van der Waals surface area contributed by atoms with Gasteiger partial charge in [0, 0.05) is 30.0 Å². The standard InChI is InChI=1S/C17H24N4/c1-4-7-15-10-17(20-12-19-15)21(13(2)3)11-14-8-5-6-9-16(14)18/h5-6,8-10,12-13H,4,7,11,18H2,1-3H3. The van der Waals surface area contributed by atoms with E-state index >= 15 is 0 Å². The second kappa shape index (κ2) is 7.07. The first-order valence-electron chi connectivity index (χ1n) is 7.52. The lowest BCUT2D eigenvalue weighted by molar-refractivity contribution is 0.670. The highest BCUT2D eigenvalue weighted by Gasteiger charge is 2.14. The minimum atomic E-state index is 0.342. The van der Waals surface area contributed by atoms with Crippen molar-refractivity contribution < 1.29 is 0 Å². The van der Waals surface area contributed by atoms with Crippen molar-refractivity contribution in [1.29, 1.82) is 0 Å². The van der Waals surface area contributed by atoms with Crippen LogP contribution in [0.3, 0.4) is 0 Å². The topological polar surface area (TPSA) is 55.0 Å². The van der Waals surface area contributed by atoms with Crippen LogP contribution in [-0.4, -0.2) is 16.0 Å². The van der Waals surface area contributed by atoms with Gasteiger partial charge in [-0.15, -0.1) is 0 Å². The predicted molar refractivity (Wildman–Crippen MR) is 88.2 cm³/mol. The van der Waals surface area contributed by atoms with E-state index < -0.39 is 0 Å². The summed E-state index contributed by atoms with van der Waals surface area (Å²) in [6.07, 6.45) is 3.72. The summed E-state index contributed by atoms with van der Waals surface area (Å²) in [7, 11) is 0. The van der Waals surface area contributed by atoms with E-state index in [4.69, 9.17) is 5.73 Å². The quantitative estimate of drug-likeness (QED) is 0.826. The van der Waals surface area contributed by atoms with Crippen molar-refractivity contribution >= 4 is 11.5 Å². The fourth-order valence-corrected chi connectivity index (χ4v) is 2.33. The molecule has 0 aliphatic carbocycles. The molecule has 0 unspecified atom stereocenters. The second-order valence-corrected chi connectivity index (χ2v) is 5.54. The highest BCUT2D eigenvalue weighted by atomic mass is 15.2. The Balaban J connectivity index is 2.27. The number of nitrogens with zero attached hydrogens (tertiary/aromatic N) is 3. The molecule has 1 aromatic heterocycles. The largest absolute Gasteiger partial charge is 0.398 e. The number of aryl methyl sites for hydroxylation is 1. The van der Waals surface area contributed by atoms with Gasteiger partial charge in [-0.25, -0.2) is 9.97 Å². The Kier molecular flexibility index (Phi) is 5.14. The van der Waals surface area contributed by atoms with Gasteiger partial charge < -0.3 is 10.6 Å². The number of hydrogen-bond donors (Lipinski definition) is 1. The number of nitrogens with two attached hydrogens (primary N) is 1. The number of rotatable bonds is 6. The number of aromatic nitrogens is 2. The van der Waals surface area contributed by atoms with Gasteiger partial charge in [-0.3, -0.25) is 0 Å². The Hall–Kier alpha value is -2.10. The van der Waals surface area contributed by atoms with Crippen molar-refractivity contribution in [1.82, 2.24) is 9.97 Å². The smallest absolute Gasteiger partial charge is 0.132 e. The van der Waals surface area contributed by atoms with Crippen molar-refractivity contribution in [3.63, 3.8) is 0 Å². The molecule has 0 aliphatic rings. The zero-order chi connectivity index (χ0) is 15.2. The molecule has 21 heavy (non-hydrogen) atoms.